The number of fused-ring (bicyclic) bond motifs is 1. The van der Waals surface area contributed by atoms with Crippen LogP contribution < -0.4 is 14.8 Å². The van der Waals surface area contributed by atoms with E-state index >= 15 is 0 Å². The molecular formula is C26H28N4O4S. The first kappa shape index (κ1) is 24.3. The minimum Gasteiger partial charge on any atom is -0.497 e. The van der Waals surface area contributed by atoms with Crippen molar-refractivity contribution in [3.05, 3.63) is 83.7 Å². The largest absolute Gasteiger partial charge is 0.497 e. The zero-order valence-electron chi connectivity index (χ0n) is 19.9. The van der Waals surface area contributed by atoms with Crippen LogP contribution in [0.3, 0.4) is 0 Å². The standard InChI is InChI=1S/C26H28N4O4S/c1-4-30-18(2)28-24-17-20(29-35(32,33)22-11-6-5-7-12-22)16-23(25(24)30)26(31)27-14-13-19-9-8-10-21(15-19)34-3/h5-12,15-17,29H,4,13-14H2,1-3H3,(H,27,31). The van der Waals surface area contributed by atoms with E-state index in [9.17, 15) is 13.2 Å². The normalized spacial score (nSPS) is 11.4. The van der Waals surface area contributed by atoms with Crippen molar-refractivity contribution in [3.63, 3.8) is 0 Å². The number of methoxy groups -OCH3 is 1. The van der Waals surface area contributed by atoms with E-state index in [1.54, 1.807) is 37.4 Å². The summed E-state index contributed by atoms with van der Waals surface area (Å²) in [6, 6.07) is 19.0. The zero-order valence-corrected chi connectivity index (χ0v) is 20.7. The lowest BCUT2D eigenvalue weighted by Crippen LogP contribution is -2.26. The van der Waals surface area contributed by atoms with Gasteiger partial charge in [-0.2, -0.15) is 0 Å². The Bertz CT molecular complexity index is 1460. The Morgan fingerprint density at radius 3 is 2.54 bits per heavy atom. The molecule has 0 unspecified atom stereocenters. The number of anilines is 1. The van der Waals surface area contributed by atoms with Gasteiger partial charge in [0.25, 0.3) is 15.9 Å². The lowest BCUT2D eigenvalue weighted by Gasteiger charge is -2.13. The minimum absolute atomic E-state index is 0.139. The van der Waals surface area contributed by atoms with Crippen molar-refractivity contribution in [2.75, 3.05) is 18.4 Å². The first-order valence-corrected chi connectivity index (χ1v) is 12.8. The summed E-state index contributed by atoms with van der Waals surface area (Å²) in [6.45, 7) is 4.88. The number of carbonyl (C=O) groups is 1. The molecule has 0 aliphatic rings. The van der Waals surface area contributed by atoms with E-state index in [-0.39, 0.29) is 16.5 Å². The first-order valence-electron chi connectivity index (χ1n) is 11.3. The van der Waals surface area contributed by atoms with Crippen molar-refractivity contribution in [1.82, 2.24) is 14.9 Å². The number of hydrogen-bond donors (Lipinski definition) is 2. The fraction of sp³-hybridized carbons (Fsp3) is 0.231. The molecule has 1 aromatic heterocycles. The van der Waals surface area contributed by atoms with Crippen molar-refractivity contribution >= 4 is 32.7 Å². The summed E-state index contributed by atoms with van der Waals surface area (Å²) in [6.07, 6.45) is 0.623. The molecule has 0 fully saturated rings. The van der Waals surface area contributed by atoms with Crippen molar-refractivity contribution < 1.29 is 17.9 Å². The number of nitrogens with one attached hydrogen (secondary N) is 2. The maximum atomic E-state index is 13.3. The fourth-order valence-corrected chi connectivity index (χ4v) is 5.12. The van der Waals surface area contributed by atoms with Gasteiger partial charge in [0.05, 0.1) is 34.3 Å². The second kappa shape index (κ2) is 10.2. The average molecular weight is 493 g/mol. The molecule has 1 heterocycles. The minimum atomic E-state index is -3.82. The summed E-state index contributed by atoms with van der Waals surface area (Å²) < 4.78 is 35.6. The Kier molecular flexibility index (Phi) is 7.07. The van der Waals surface area contributed by atoms with E-state index in [1.165, 1.54) is 12.1 Å². The Labute approximate surface area is 205 Å². The molecule has 4 rings (SSSR count). The van der Waals surface area contributed by atoms with Gasteiger partial charge >= 0.3 is 0 Å². The highest BCUT2D eigenvalue weighted by Crippen LogP contribution is 2.27. The van der Waals surface area contributed by atoms with Crippen LogP contribution in [-0.2, 0) is 23.0 Å². The Morgan fingerprint density at radius 1 is 1.06 bits per heavy atom. The monoisotopic (exact) mass is 492 g/mol. The third-order valence-corrected chi connectivity index (χ3v) is 7.13. The number of benzene rings is 3. The van der Waals surface area contributed by atoms with Crippen molar-refractivity contribution in [1.29, 1.82) is 0 Å². The molecule has 0 bridgehead atoms. The van der Waals surface area contributed by atoms with Gasteiger partial charge in [0.15, 0.2) is 0 Å². The predicted molar refractivity (Wildman–Crippen MR) is 136 cm³/mol. The van der Waals surface area contributed by atoms with E-state index in [1.807, 2.05) is 42.7 Å². The highest BCUT2D eigenvalue weighted by Gasteiger charge is 2.20. The first-order chi connectivity index (χ1) is 16.8. The van der Waals surface area contributed by atoms with Gasteiger partial charge in [0.1, 0.15) is 11.6 Å². The van der Waals surface area contributed by atoms with Gasteiger partial charge in [-0.1, -0.05) is 30.3 Å². The molecule has 2 N–H and O–H groups in total. The number of ether oxygens (including phenoxy) is 1. The highest BCUT2D eigenvalue weighted by molar-refractivity contribution is 7.92. The molecule has 0 aliphatic heterocycles. The molecule has 35 heavy (non-hydrogen) atoms. The summed E-state index contributed by atoms with van der Waals surface area (Å²) in [7, 11) is -2.21. The van der Waals surface area contributed by atoms with Gasteiger partial charge in [0, 0.05) is 13.1 Å². The third kappa shape index (κ3) is 5.30. The van der Waals surface area contributed by atoms with E-state index < -0.39 is 10.0 Å². The molecular weight excluding hydrogens is 464 g/mol. The molecule has 1 amide bonds. The van der Waals surface area contributed by atoms with Crippen LogP contribution in [0.15, 0.2) is 71.6 Å². The maximum Gasteiger partial charge on any atom is 0.261 e. The fourth-order valence-electron chi connectivity index (χ4n) is 4.06. The van der Waals surface area contributed by atoms with Crippen molar-refractivity contribution in [2.24, 2.45) is 0 Å². The quantitative estimate of drug-likeness (QED) is 0.366. The molecule has 8 nitrogen and oxygen atoms in total. The summed E-state index contributed by atoms with van der Waals surface area (Å²) in [4.78, 5) is 18.0. The number of rotatable bonds is 9. The molecule has 0 aliphatic carbocycles. The predicted octanol–water partition coefficient (Wildman–Crippen LogP) is 4.15. The van der Waals surface area contributed by atoms with Crippen LogP contribution in [0.4, 0.5) is 5.69 Å². The molecule has 0 saturated heterocycles. The highest BCUT2D eigenvalue weighted by atomic mass is 32.2. The SMILES string of the molecule is CCn1c(C)nc2cc(NS(=O)(=O)c3ccccc3)cc(C(=O)NCCc3cccc(OC)c3)c21. The van der Waals surface area contributed by atoms with Crippen LogP contribution in [0.2, 0.25) is 0 Å². The summed E-state index contributed by atoms with van der Waals surface area (Å²) in [5.41, 5.74) is 2.90. The molecule has 0 spiro atoms. The van der Waals surface area contributed by atoms with Crippen LogP contribution in [0, 0.1) is 6.92 Å². The zero-order chi connectivity index (χ0) is 25.0. The molecule has 0 atom stereocenters. The third-order valence-electron chi connectivity index (χ3n) is 5.73. The van der Waals surface area contributed by atoms with Gasteiger partial charge < -0.3 is 14.6 Å². The van der Waals surface area contributed by atoms with E-state index in [0.717, 1.165) is 17.1 Å². The lowest BCUT2D eigenvalue weighted by atomic mass is 10.1. The Morgan fingerprint density at radius 2 is 1.83 bits per heavy atom. The van der Waals surface area contributed by atoms with Crippen molar-refractivity contribution in [2.45, 2.75) is 31.7 Å². The molecule has 0 radical (unpaired) electrons. The summed E-state index contributed by atoms with van der Waals surface area (Å²) in [5, 5.41) is 2.96. The second-order valence-electron chi connectivity index (χ2n) is 8.07. The topological polar surface area (TPSA) is 102 Å². The van der Waals surface area contributed by atoms with Crippen LogP contribution in [0.5, 0.6) is 5.75 Å². The molecule has 4 aromatic rings. The summed E-state index contributed by atoms with van der Waals surface area (Å²) in [5.74, 6) is 1.21. The van der Waals surface area contributed by atoms with Gasteiger partial charge in [-0.05, 0) is 62.2 Å². The van der Waals surface area contributed by atoms with E-state index in [0.29, 0.717) is 36.1 Å². The molecule has 182 valence electrons. The number of hydrogen-bond acceptors (Lipinski definition) is 5. The van der Waals surface area contributed by atoms with Gasteiger partial charge in [-0.3, -0.25) is 9.52 Å². The number of amides is 1. The smallest absolute Gasteiger partial charge is 0.261 e. The number of aromatic nitrogens is 2. The van der Waals surface area contributed by atoms with Crippen LogP contribution in [-0.4, -0.2) is 37.5 Å². The Hall–Kier alpha value is -3.85. The Balaban J connectivity index is 1.63. The second-order valence-corrected chi connectivity index (χ2v) is 9.75. The van der Waals surface area contributed by atoms with E-state index in [4.69, 9.17) is 4.74 Å². The van der Waals surface area contributed by atoms with Crippen LogP contribution in [0.1, 0.15) is 28.7 Å². The summed E-state index contributed by atoms with van der Waals surface area (Å²) >= 11 is 0. The maximum absolute atomic E-state index is 13.3. The van der Waals surface area contributed by atoms with Crippen LogP contribution in [0.25, 0.3) is 11.0 Å². The van der Waals surface area contributed by atoms with Crippen LogP contribution >= 0.6 is 0 Å². The molecule has 3 aromatic carbocycles. The number of sulfonamides is 1. The average Bonchev–Trinajstić information content (AvgIpc) is 3.18. The van der Waals surface area contributed by atoms with Gasteiger partial charge in [-0.25, -0.2) is 13.4 Å². The number of carbonyl (C=O) groups excluding carboxylic acids is 1. The molecule has 0 saturated carbocycles. The lowest BCUT2D eigenvalue weighted by molar-refractivity contribution is 0.0955. The molecule has 9 heteroatoms. The van der Waals surface area contributed by atoms with Gasteiger partial charge in [-0.15, -0.1) is 0 Å². The van der Waals surface area contributed by atoms with E-state index in [2.05, 4.69) is 15.0 Å². The number of aryl methyl sites for hydroxylation is 2. The number of imidazole rings is 1. The van der Waals surface area contributed by atoms with Crippen molar-refractivity contribution in [3.8, 4) is 5.75 Å². The van der Waals surface area contributed by atoms with Gasteiger partial charge in [0.2, 0.25) is 0 Å². The number of nitrogens with zero attached hydrogens (tertiary/aromatic N) is 2.